The molecule has 1 aromatic carbocycles. The summed E-state index contributed by atoms with van der Waals surface area (Å²) in [4.78, 5) is 4.37. The summed E-state index contributed by atoms with van der Waals surface area (Å²) in [7, 11) is 1.62. The summed E-state index contributed by atoms with van der Waals surface area (Å²) < 4.78 is 10.8. The first kappa shape index (κ1) is 13.5. The van der Waals surface area contributed by atoms with Crippen molar-refractivity contribution >= 4 is 17.3 Å². The van der Waals surface area contributed by atoms with Crippen molar-refractivity contribution in [2.75, 3.05) is 12.8 Å². The summed E-state index contributed by atoms with van der Waals surface area (Å²) in [6, 6.07) is 8.80. The molecule has 2 rings (SSSR count). The molecule has 0 amide bonds. The lowest BCUT2D eigenvalue weighted by Crippen LogP contribution is -2.02. The number of rotatable bonds is 4. The molecule has 0 bridgehead atoms. The normalized spacial score (nSPS) is 10.3. The van der Waals surface area contributed by atoms with Crippen LogP contribution >= 0.6 is 11.6 Å². The number of aryl methyl sites for hydroxylation is 1. The fraction of sp³-hybridized carbons (Fsp3) is 0.214. The number of hydrogen-bond acceptors (Lipinski definition) is 4. The molecule has 0 unspecified atom stereocenters. The van der Waals surface area contributed by atoms with Gasteiger partial charge in [0.1, 0.15) is 18.1 Å². The van der Waals surface area contributed by atoms with Gasteiger partial charge in [-0.05, 0) is 19.1 Å². The van der Waals surface area contributed by atoms with Gasteiger partial charge in [-0.3, -0.25) is 4.98 Å². The Labute approximate surface area is 117 Å². The van der Waals surface area contributed by atoms with Gasteiger partial charge in [0.25, 0.3) is 0 Å². The Morgan fingerprint density at radius 2 is 2.05 bits per heavy atom. The van der Waals surface area contributed by atoms with E-state index in [1.807, 2.05) is 19.1 Å². The van der Waals surface area contributed by atoms with E-state index < -0.39 is 0 Å². The molecule has 0 saturated carbocycles. The van der Waals surface area contributed by atoms with E-state index in [1.165, 1.54) is 0 Å². The quantitative estimate of drug-likeness (QED) is 0.873. The summed E-state index contributed by atoms with van der Waals surface area (Å²) in [6.45, 7) is 2.21. The van der Waals surface area contributed by atoms with E-state index in [0.717, 1.165) is 17.1 Å². The lowest BCUT2D eigenvalue weighted by Gasteiger charge is -2.10. The van der Waals surface area contributed by atoms with Gasteiger partial charge in [-0.1, -0.05) is 11.6 Å². The molecule has 0 fully saturated rings. The average molecular weight is 279 g/mol. The third-order valence-corrected chi connectivity index (χ3v) is 2.80. The molecule has 0 aliphatic rings. The van der Waals surface area contributed by atoms with Gasteiger partial charge in [-0.25, -0.2) is 0 Å². The van der Waals surface area contributed by atoms with Crippen LogP contribution in [-0.4, -0.2) is 12.1 Å². The minimum absolute atomic E-state index is 0.308. The highest BCUT2D eigenvalue weighted by molar-refractivity contribution is 6.30. The summed E-state index contributed by atoms with van der Waals surface area (Å²) >= 11 is 5.90. The highest BCUT2D eigenvalue weighted by atomic mass is 35.5. The Balaban J connectivity index is 2.14. The molecule has 100 valence electrons. The third-order valence-electron chi connectivity index (χ3n) is 2.57. The standard InChI is InChI=1S/C14H15ClN2O2/c1-9-5-12(18-2)7-11(17-9)8-19-14-6-10(15)3-4-13(14)16/h3-7H,8,16H2,1-2H3. The molecule has 0 aliphatic heterocycles. The van der Waals surface area contributed by atoms with Crippen molar-refractivity contribution in [3.05, 3.63) is 46.7 Å². The summed E-state index contributed by atoms with van der Waals surface area (Å²) in [5.74, 6) is 1.31. The first-order valence-electron chi connectivity index (χ1n) is 5.78. The van der Waals surface area contributed by atoms with Crippen LogP contribution in [0.4, 0.5) is 5.69 Å². The number of nitrogens with two attached hydrogens (primary N) is 1. The topological polar surface area (TPSA) is 57.4 Å². The number of nitrogens with zero attached hydrogens (tertiary/aromatic N) is 1. The molecule has 5 heteroatoms. The molecule has 0 spiro atoms. The van der Waals surface area contributed by atoms with Crippen LogP contribution in [0.25, 0.3) is 0 Å². The van der Waals surface area contributed by atoms with Crippen molar-refractivity contribution in [1.29, 1.82) is 0 Å². The van der Waals surface area contributed by atoms with Crippen LogP contribution in [0.1, 0.15) is 11.4 Å². The number of benzene rings is 1. The molecule has 0 atom stereocenters. The van der Waals surface area contributed by atoms with Gasteiger partial charge in [0, 0.05) is 28.9 Å². The number of halogens is 1. The number of methoxy groups -OCH3 is 1. The van der Waals surface area contributed by atoms with E-state index in [-0.39, 0.29) is 0 Å². The van der Waals surface area contributed by atoms with E-state index in [0.29, 0.717) is 23.1 Å². The van der Waals surface area contributed by atoms with Gasteiger partial charge < -0.3 is 15.2 Å². The first-order valence-corrected chi connectivity index (χ1v) is 6.15. The molecule has 1 aromatic heterocycles. The second kappa shape index (κ2) is 5.80. The van der Waals surface area contributed by atoms with Crippen molar-refractivity contribution < 1.29 is 9.47 Å². The highest BCUT2D eigenvalue weighted by Gasteiger charge is 2.05. The SMILES string of the molecule is COc1cc(C)nc(COc2cc(Cl)ccc2N)c1. The lowest BCUT2D eigenvalue weighted by atomic mass is 10.3. The zero-order chi connectivity index (χ0) is 13.8. The Morgan fingerprint density at radius 1 is 1.26 bits per heavy atom. The molecule has 0 aliphatic carbocycles. The first-order chi connectivity index (χ1) is 9.08. The van der Waals surface area contributed by atoms with Gasteiger partial charge >= 0.3 is 0 Å². The fourth-order valence-electron chi connectivity index (χ4n) is 1.68. The number of anilines is 1. The van der Waals surface area contributed by atoms with Crippen molar-refractivity contribution in [1.82, 2.24) is 4.98 Å². The number of hydrogen-bond donors (Lipinski definition) is 1. The molecule has 2 N–H and O–H groups in total. The van der Waals surface area contributed by atoms with Crippen LogP contribution in [0, 0.1) is 6.92 Å². The summed E-state index contributed by atoms with van der Waals surface area (Å²) in [5.41, 5.74) is 8.00. The zero-order valence-corrected chi connectivity index (χ0v) is 11.6. The van der Waals surface area contributed by atoms with Crippen molar-refractivity contribution in [2.24, 2.45) is 0 Å². The van der Waals surface area contributed by atoms with Crippen molar-refractivity contribution in [3.63, 3.8) is 0 Å². The summed E-state index contributed by atoms with van der Waals surface area (Å²) in [5, 5.41) is 0.582. The minimum Gasteiger partial charge on any atom is -0.497 e. The van der Waals surface area contributed by atoms with E-state index in [4.69, 9.17) is 26.8 Å². The smallest absolute Gasteiger partial charge is 0.144 e. The van der Waals surface area contributed by atoms with E-state index >= 15 is 0 Å². The number of pyridine rings is 1. The Kier molecular flexibility index (Phi) is 4.12. The van der Waals surface area contributed by atoms with Crippen molar-refractivity contribution in [3.8, 4) is 11.5 Å². The average Bonchev–Trinajstić information content (AvgIpc) is 2.39. The van der Waals surface area contributed by atoms with Gasteiger partial charge in [0.2, 0.25) is 0 Å². The second-order valence-electron chi connectivity index (χ2n) is 4.11. The van der Waals surface area contributed by atoms with Gasteiger partial charge in [0.15, 0.2) is 0 Å². The Bertz CT molecular complexity index is 588. The predicted octanol–water partition coefficient (Wildman–Crippen LogP) is 3.21. The van der Waals surface area contributed by atoms with Crippen LogP contribution in [0.2, 0.25) is 5.02 Å². The van der Waals surface area contributed by atoms with Crippen LogP contribution < -0.4 is 15.2 Å². The molecular weight excluding hydrogens is 264 g/mol. The third kappa shape index (κ3) is 3.51. The molecule has 19 heavy (non-hydrogen) atoms. The number of ether oxygens (including phenoxy) is 2. The Hall–Kier alpha value is -1.94. The maximum absolute atomic E-state index is 5.90. The number of aromatic nitrogens is 1. The van der Waals surface area contributed by atoms with Crippen LogP contribution in [-0.2, 0) is 6.61 Å². The fourth-order valence-corrected chi connectivity index (χ4v) is 1.84. The number of nitrogen functional groups attached to an aromatic ring is 1. The van der Waals surface area contributed by atoms with Gasteiger partial charge in [-0.15, -0.1) is 0 Å². The second-order valence-corrected chi connectivity index (χ2v) is 4.55. The van der Waals surface area contributed by atoms with E-state index in [9.17, 15) is 0 Å². The summed E-state index contributed by atoms with van der Waals surface area (Å²) in [6.07, 6.45) is 0. The van der Waals surface area contributed by atoms with Gasteiger partial charge in [0.05, 0.1) is 18.5 Å². The van der Waals surface area contributed by atoms with E-state index in [2.05, 4.69) is 4.98 Å². The Morgan fingerprint density at radius 3 is 2.79 bits per heavy atom. The van der Waals surface area contributed by atoms with Crippen LogP contribution in [0.3, 0.4) is 0 Å². The van der Waals surface area contributed by atoms with Crippen LogP contribution in [0.15, 0.2) is 30.3 Å². The molecule has 4 nitrogen and oxygen atoms in total. The molecule has 0 saturated heterocycles. The largest absolute Gasteiger partial charge is 0.497 e. The zero-order valence-electron chi connectivity index (χ0n) is 10.8. The van der Waals surface area contributed by atoms with Gasteiger partial charge in [-0.2, -0.15) is 0 Å². The van der Waals surface area contributed by atoms with Crippen molar-refractivity contribution in [2.45, 2.75) is 13.5 Å². The molecule has 2 aromatic rings. The lowest BCUT2D eigenvalue weighted by molar-refractivity contribution is 0.301. The van der Waals surface area contributed by atoms with Crippen LogP contribution in [0.5, 0.6) is 11.5 Å². The minimum atomic E-state index is 0.308. The molecule has 1 heterocycles. The van der Waals surface area contributed by atoms with E-state index in [1.54, 1.807) is 25.3 Å². The maximum atomic E-state index is 5.90. The highest BCUT2D eigenvalue weighted by Crippen LogP contribution is 2.26. The maximum Gasteiger partial charge on any atom is 0.144 e. The molecular formula is C14H15ClN2O2. The predicted molar refractivity (Wildman–Crippen MR) is 75.7 cm³/mol. The molecule has 0 radical (unpaired) electrons. The monoisotopic (exact) mass is 278 g/mol.